The molecule has 3 N–H and O–H groups in total. The van der Waals surface area contributed by atoms with Gasteiger partial charge in [-0.1, -0.05) is 30.3 Å². The van der Waals surface area contributed by atoms with Crippen LogP contribution in [0.1, 0.15) is 24.0 Å². The van der Waals surface area contributed by atoms with E-state index >= 15 is 0 Å². The van der Waals surface area contributed by atoms with Gasteiger partial charge in [-0.15, -0.1) is 0 Å². The topological polar surface area (TPSA) is 104 Å². The van der Waals surface area contributed by atoms with Crippen LogP contribution in [-0.4, -0.2) is 26.1 Å². The standard InChI is InChI=1S/C25H25N3O4S/c29-24(14-15-33(31,32)23-13-12-18-6-4-7-19(18)16-23)26-21-10-5-11-22(17-21)28-25(30)27-20-8-2-1-3-9-20/h1-3,5,8-13,16-17H,4,6-7,14-15H2,(H,26,29)(H2,27,28,30). The van der Waals surface area contributed by atoms with Crippen LogP contribution in [0.2, 0.25) is 0 Å². The van der Waals surface area contributed by atoms with Crippen molar-refractivity contribution in [1.29, 1.82) is 0 Å². The molecule has 170 valence electrons. The van der Waals surface area contributed by atoms with E-state index in [0.717, 1.165) is 24.8 Å². The van der Waals surface area contributed by atoms with Crippen molar-refractivity contribution in [3.63, 3.8) is 0 Å². The van der Waals surface area contributed by atoms with Gasteiger partial charge in [0.05, 0.1) is 10.6 Å². The number of rotatable bonds is 7. The largest absolute Gasteiger partial charge is 0.326 e. The predicted octanol–water partition coefficient (Wildman–Crippen LogP) is 4.62. The molecule has 0 radical (unpaired) electrons. The first-order chi connectivity index (χ1) is 15.9. The number of carbonyl (C=O) groups excluding carboxylic acids is 2. The SMILES string of the molecule is O=C(CCS(=O)(=O)c1ccc2c(c1)CCC2)Nc1cccc(NC(=O)Nc2ccccc2)c1. The maximum Gasteiger partial charge on any atom is 0.323 e. The molecule has 33 heavy (non-hydrogen) atoms. The Labute approximate surface area is 193 Å². The highest BCUT2D eigenvalue weighted by atomic mass is 32.2. The first-order valence-corrected chi connectivity index (χ1v) is 12.4. The van der Waals surface area contributed by atoms with E-state index < -0.39 is 21.8 Å². The molecular formula is C25H25N3O4S. The van der Waals surface area contributed by atoms with Crippen LogP contribution in [-0.2, 0) is 27.5 Å². The number of carbonyl (C=O) groups is 2. The van der Waals surface area contributed by atoms with Gasteiger partial charge in [0.15, 0.2) is 9.84 Å². The van der Waals surface area contributed by atoms with Crippen molar-refractivity contribution in [2.45, 2.75) is 30.6 Å². The number of amides is 3. The van der Waals surface area contributed by atoms with E-state index in [1.165, 1.54) is 5.56 Å². The number of para-hydroxylation sites is 1. The summed E-state index contributed by atoms with van der Waals surface area (Å²) in [6.45, 7) is 0. The number of nitrogens with one attached hydrogen (secondary N) is 3. The Morgan fingerprint density at radius 1 is 0.727 bits per heavy atom. The second kappa shape index (κ2) is 9.87. The molecule has 8 heteroatoms. The summed E-state index contributed by atoms with van der Waals surface area (Å²) in [5.41, 5.74) is 3.90. The summed E-state index contributed by atoms with van der Waals surface area (Å²) in [6.07, 6.45) is 2.77. The van der Waals surface area contributed by atoms with Crippen LogP contribution < -0.4 is 16.0 Å². The maximum absolute atomic E-state index is 12.7. The van der Waals surface area contributed by atoms with Crippen molar-refractivity contribution < 1.29 is 18.0 Å². The third-order valence-electron chi connectivity index (χ3n) is 5.46. The van der Waals surface area contributed by atoms with Crippen LogP contribution in [0.4, 0.5) is 21.9 Å². The van der Waals surface area contributed by atoms with Crippen LogP contribution in [0.15, 0.2) is 77.7 Å². The zero-order chi connectivity index (χ0) is 23.3. The minimum Gasteiger partial charge on any atom is -0.326 e. The Balaban J connectivity index is 1.31. The van der Waals surface area contributed by atoms with E-state index in [2.05, 4.69) is 16.0 Å². The smallest absolute Gasteiger partial charge is 0.323 e. The molecule has 4 rings (SSSR count). The number of anilines is 3. The Kier molecular flexibility index (Phi) is 6.74. The number of hydrogen-bond donors (Lipinski definition) is 3. The molecule has 0 spiro atoms. The summed E-state index contributed by atoms with van der Waals surface area (Å²) in [5.74, 6) is -0.680. The molecule has 0 bridgehead atoms. The highest BCUT2D eigenvalue weighted by Crippen LogP contribution is 2.25. The van der Waals surface area contributed by atoms with Crippen LogP contribution >= 0.6 is 0 Å². The van der Waals surface area contributed by atoms with Gasteiger partial charge in [0, 0.05) is 23.5 Å². The van der Waals surface area contributed by atoms with Gasteiger partial charge in [-0.2, -0.15) is 0 Å². The third kappa shape index (κ3) is 5.98. The number of aryl methyl sites for hydroxylation is 2. The summed E-state index contributed by atoms with van der Waals surface area (Å²) in [4.78, 5) is 24.8. The van der Waals surface area contributed by atoms with Crippen LogP contribution in [0.5, 0.6) is 0 Å². The van der Waals surface area contributed by atoms with Crippen molar-refractivity contribution in [1.82, 2.24) is 0 Å². The molecule has 1 aliphatic rings. The van der Waals surface area contributed by atoms with E-state index in [0.29, 0.717) is 17.1 Å². The van der Waals surface area contributed by atoms with E-state index in [-0.39, 0.29) is 17.1 Å². The van der Waals surface area contributed by atoms with E-state index in [1.54, 1.807) is 48.5 Å². The fourth-order valence-corrected chi connectivity index (χ4v) is 5.09. The summed E-state index contributed by atoms with van der Waals surface area (Å²) in [6, 6.07) is 20.5. The van der Waals surface area contributed by atoms with Gasteiger partial charge in [0.1, 0.15) is 0 Å². The second-order valence-electron chi connectivity index (χ2n) is 7.93. The van der Waals surface area contributed by atoms with Gasteiger partial charge in [0.25, 0.3) is 0 Å². The highest BCUT2D eigenvalue weighted by Gasteiger charge is 2.20. The fraction of sp³-hybridized carbons (Fsp3) is 0.200. The molecule has 3 aromatic rings. The minimum absolute atomic E-state index is 0.161. The zero-order valence-electron chi connectivity index (χ0n) is 18.0. The van der Waals surface area contributed by atoms with Crippen molar-refractivity contribution in [2.75, 3.05) is 21.7 Å². The lowest BCUT2D eigenvalue weighted by molar-refractivity contribution is -0.115. The molecule has 3 aromatic carbocycles. The Bertz CT molecular complexity index is 1270. The number of urea groups is 1. The molecular weight excluding hydrogens is 438 g/mol. The van der Waals surface area contributed by atoms with E-state index in [4.69, 9.17) is 0 Å². The molecule has 0 saturated heterocycles. The van der Waals surface area contributed by atoms with Crippen molar-refractivity contribution in [3.8, 4) is 0 Å². The fourth-order valence-electron chi connectivity index (χ4n) is 3.80. The van der Waals surface area contributed by atoms with Gasteiger partial charge in [0.2, 0.25) is 5.91 Å². The number of hydrogen-bond acceptors (Lipinski definition) is 4. The zero-order valence-corrected chi connectivity index (χ0v) is 18.8. The average Bonchev–Trinajstić information content (AvgIpc) is 3.27. The normalized spacial score (nSPS) is 12.6. The number of benzene rings is 3. The quantitative estimate of drug-likeness (QED) is 0.475. The van der Waals surface area contributed by atoms with Gasteiger partial charge < -0.3 is 16.0 Å². The maximum atomic E-state index is 12.7. The highest BCUT2D eigenvalue weighted by molar-refractivity contribution is 7.91. The van der Waals surface area contributed by atoms with Gasteiger partial charge in [-0.3, -0.25) is 4.79 Å². The van der Waals surface area contributed by atoms with Crippen molar-refractivity contribution in [2.24, 2.45) is 0 Å². The molecule has 0 aromatic heterocycles. The molecule has 7 nitrogen and oxygen atoms in total. The molecule has 1 aliphatic carbocycles. The molecule has 0 fully saturated rings. The van der Waals surface area contributed by atoms with Gasteiger partial charge >= 0.3 is 6.03 Å². The Morgan fingerprint density at radius 2 is 1.39 bits per heavy atom. The summed E-state index contributed by atoms with van der Waals surface area (Å²) < 4.78 is 25.4. The summed E-state index contributed by atoms with van der Waals surface area (Å²) in [5, 5.41) is 8.12. The lowest BCUT2D eigenvalue weighted by Crippen LogP contribution is -2.20. The molecule has 0 aliphatic heterocycles. The lowest BCUT2D eigenvalue weighted by Gasteiger charge is -2.10. The first-order valence-electron chi connectivity index (χ1n) is 10.8. The molecule has 0 atom stereocenters. The molecule has 0 heterocycles. The van der Waals surface area contributed by atoms with E-state index in [9.17, 15) is 18.0 Å². The predicted molar refractivity (Wildman–Crippen MR) is 129 cm³/mol. The summed E-state index contributed by atoms with van der Waals surface area (Å²) in [7, 11) is -3.55. The van der Waals surface area contributed by atoms with Crippen LogP contribution in [0.25, 0.3) is 0 Å². The lowest BCUT2D eigenvalue weighted by atomic mass is 10.1. The van der Waals surface area contributed by atoms with Gasteiger partial charge in [-0.25, -0.2) is 13.2 Å². The summed E-state index contributed by atoms with van der Waals surface area (Å²) >= 11 is 0. The van der Waals surface area contributed by atoms with Gasteiger partial charge in [-0.05, 0) is 72.9 Å². The Hall–Kier alpha value is -3.65. The van der Waals surface area contributed by atoms with E-state index in [1.807, 2.05) is 24.3 Å². The third-order valence-corrected chi connectivity index (χ3v) is 7.18. The first kappa shape index (κ1) is 22.5. The van der Waals surface area contributed by atoms with Crippen LogP contribution in [0.3, 0.4) is 0 Å². The van der Waals surface area contributed by atoms with Crippen molar-refractivity contribution in [3.05, 3.63) is 83.9 Å². The molecule has 3 amide bonds. The minimum atomic E-state index is -3.55. The van der Waals surface area contributed by atoms with Crippen LogP contribution in [0, 0.1) is 0 Å². The molecule has 0 saturated carbocycles. The second-order valence-corrected chi connectivity index (χ2v) is 10.0. The number of fused-ring (bicyclic) bond motifs is 1. The monoisotopic (exact) mass is 463 g/mol. The van der Waals surface area contributed by atoms with Crippen molar-refractivity contribution >= 4 is 38.8 Å². The average molecular weight is 464 g/mol. The number of sulfone groups is 1. The molecule has 0 unspecified atom stereocenters. The Morgan fingerprint density at radius 3 is 2.18 bits per heavy atom.